The van der Waals surface area contributed by atoms with E-state index in [1.54, 1.807) is 12.1 Å². The molecule has 160 valence electrons. The summed E-state index contributed by atoms with van der Waals surface area (Å²) in [5.74, 6) is -1.16. The second-order valence-corrected chi connectivity index (χ2v) is 7.53. The molecule has 0 amide bonds. The standard InChI is InChI=1S/C23H19F2N5.Pt/c1-13-21(27-14(2)26-13)17-8-6-10-19(29-17)23(3,4)18-9-5-7-16(28-18)15-11-12-20(24)30-22(15)25;/h5-10,12H,1-4H3;/q-2;+2. The van der Waals surface area contributed by atoms with Gasteiger partial charge in [-0.15, -0.1) is 6.07 Å². The van der Waals surface area contributed by atoms with E-state index in [-0.39, 0.29) is 26.6 Å². The van der Waals surface area contributed by atoms with Crippen LogP contribution in [-0.4, -0.2) is 19.9 Å². The van der Waals surface area contributed by atoms with Crippen LogP contribution in [0.25, 0.3) is 22.6 Å². The molecular formula is C23H19F2N5Pt. The zero-order valence-electron chi connectivity index (χ0n) is 17.3. The fraction of sp³-hybridized carbons (Fsp3) is 0.217. The van der Waals surface area contributed by atoms with Crippen LogP contribution in [0.1, 0.15) is 36.8 Å². The van der Waals surface area contributed by atoms with Crippen LogP contribution in [0, 0.1) is 31.8 Å². The Morgan fingerprint density at radius 1 is 0.871 bits per heavy atom. The number of halogens is 2. The Morgan fingerprint density at radius 2 is 1.48 bits per heavy atom. The molecule has 4 rings (SSSR count). The average Bonchev–Trinajstić information content (AvgIpc) is 3.06. The minimum absolute atomic E-state index is 0. The summed E-state index contributed by atoms with van der Waals surface area (Å²) in [4.78, 5) is 21.5. The molecule has 0 atom stereocenters. The quantitative estimate of drug-likeness (QED) is 0.254. The van der Waals surface area contributed by atoms with Crippen molar-refractivity contribution in [1.82, 2.24) is 24.9 Å². The first kappa shape index (κ1) is 22.9. The van der Waals surface area contributed by atoms with Crippen molar-refractivity contribution in [3.8, 4) is 22.6 Å². The van der Waals surface area contributed by atoms with Crippen molar-refractivity contribution >= 4 is 0 Å². The summed E-state index contributed by atoms with van der Waals surface area (Å²) in [5.41, 5.74) is 3.54. The first-order valence-corrected chi connectivity index (χ1v) is 9.43. The van der Waals surface area contributed by atoms with Crippen molar-refractivity contribution in [3.63, 3.8) is 0 Å². The minimum atomic E-state index is -0.946. The third kappa shape index (κ3) is 4.47. The number of pyridine rings is 3. The summed E-state index contributed by atoms with van der Waals surface area (Å²) in [6, 6.07) is 14.6. The normalized spacial score (nSPS) is 11.3. The summed E-state index contributed by atoms with van der Waals surface area (Å²) in [7, 11) is 0. The molecule has 31 heavy (non-hydrogen) atoms. The van der Waals surface area contributed by atoms with Crippen LogP contribution >= 0.6 is 0 Å². The number of hydrogen-bond donors (Lipinski definition) is 0. The summed E-state index contributed by atoms with van der Waals surface area (Å²) in [6.45, 7) is 7.73. The molecule has 4 heterocycles. The van der Waals surface area contributed by atoms with Gasteiger partial charge in [-0.05, 0) is 57.3 Å². The van der Waals surface area contributed by atoms with E-state index in [0.717, 1.165) is 28.8 Å². The second-order valence-electron chi connectivity index (χ2n) is 7.53. The Bertz CT molecular complexity index is 1240. The Hall–Kier alpha value is -2.79. The van der Waals surface area contributed by atoms with Gasteiger partial charge in [0.1, 0.15) is 11.9 Å². The molecule has 0 fully saturated rings. The second kappa shape index (κ2) is 8.75. The smallest absolute Gasteiger partial charge is 0.444 e. The summed E-state index contributed by atoms with van der Waals surface area (Å²) in [6.07, 6.45) is 0. The summed E-state index contributed by atoms with van der Waals surface area (Å²) in [5, 5.41) is 0. The third-order valence-corrected chi connectivity index (χ3v) is 4.97. The molecule has 0 spiro atoms. The fourth-order valence-corrected chi connectivity index (χ4v) is 3.33. The number of rotatable bonds is 4. The van der Waals surface area contributed by atoms with Crippen LogP contribution in [0.15, 0.2) is 42.5 Å². The van der Waals surface area contributed by atoms with Gasteiger partial charge in [0.25, 0.3) is 0 Å². The van der Waals surface area contributed by atoms with E-state index in [4.69, 9.17) is 4.98 Å². The third-order valence-electron chi connectivity index (χ3n) is 4.97. The number of nitrogens with zero attached hydrogens (tertiary/aromatic N) is 5. The molecule has 4 aromatic heterocycles. The zero-order valence-corrected chi connectivity index (χ0v) is 19.6. The van der Waals surface area contributed by atoms with Crippen LogP contribution in [-0.2, 0) is 26.5 Å². The number of hydrogen-bond acceptors (Lipinski definition) is 4. The Labute approximate surface area is 193 Å². The zero-order chi connectivity index (χ0) is 21.5. The van der Waals surface area contributed by atoms with Crippen molar-refractivity contribution in [3.05, 3.63) is 83.3 Å². The largest absolute Gasteiger partial charge is 2.00 e. The maximum Gasteiger partial charge on any atom is 2.00 e. The number of aromatic nitrogens is 5. The molecule has 0 aliphatic rings. The van der Waals surface area contributed by atoms with Gasteiger partial charge in [-0.1, -0.05) is 41.3 Å². The van der Waals surface area contributed by atoms with E-state index in [1.165, 1.54) is 0 Å². The van der Waals surface area contributed by atoms with Crippen LogP contribution in [0.5, 0.6) is 0 Å². The van der Waals surface area contributed by atoms with Gasteiger partial charge in [-0.3, -0.25) is 9.97 Å². The molecule has 0 radical (unpaired) electrons. The van der Waals surface area contributed by atoms with Crippen LogP contribution in [0.4, 0.5) is 8.78 Å². The van der Waals surface area contributed by atoms with E-state index in [2.05, 4.69) is 26.0 Å². The molecule has 0 aliphatic carbocycles. The monoisotopic (exact) mass is 598 g/mol. The average molecular weight is 599 g/mol. The van der Waals surface area contributed by atoms with E-state index in [9.17, 15) is 8.78 Å². The molecule has 0 aliphatic heterocycles. The van der Waals surface area contributed by atoms with Gasteiger partial charge >= 0.3 is 21.1 Å². The van der Waals surface area contributed by atoms with Crippen molar-refractivity contribution in [2.24, 2.45) is 0 Å². The molecular weight excluding hydrogens is 579 g/mol. The van der Waals surface area contributed by atoms with Crippen LogP contribution in [0.2, 0.25) is 0 Å². The van der Waals surface area contributed by atoms with Crippen molar-refractivity contribution < 1.29 is 29.8 Å². The summed E-state index contributed by atoms with van der Waals surface area (Å²) >= 11 is 0. The maximum atomic E-state index is 14.1. The van der Waals surface area contributed by atoms with E-state index in [1.807, 2.05) is 52.0 Å². The van der Waals surface area contributed by atoms with E-state index < -0.39 is 17.3 Å². The number of imidazole rings is 1. The minimum Gasteiger partial charge on any atom is -0.444 e. The topological polar surface area (TPSA) is 65.7 Å². The Morgan fingerprint density at radius 3 is 2.06 bits per heavy atom. The van der Waals surface area contributed by atoms with Gasteiger partial charge in [0, 0.05) is 11.1 Å². The van der Waals surface area contributed by atoms with Gasteiger partial charge in [-0.25, -0.2) is 8.78 Å². The van der Waals surface area contributed by atoms with Crippen LogP contribution < -0.4 is 4.98 Å². The van der Waals surface area contributed by atoms with Crippen LogP contribution in [0.3, 0.4) is 0 Å². The Balaban J connectivity index is 0.00000272. The van der Waals surface area contributed by atoms with Gasteiger partial charge in [0.05, 0.1) is 11.4 Å². The van der Waals surface area contributed by atoms with E-state index >= 15 is 0 Å². The molecule has 0 unspecified atom stereocenters. The molecule has 5 nitrogen and oxygen atoms in total. The molecule has 0 saturated heterocycles. The molecule has 4 aromatic rings. The van der Waals surface area contributed by atoms with Crippen molar-refractivity contribution in [1.29, 1.82) is 0 Å². The predicted molar refractivity (Wildman–Crippen MR) is 109 cm³/mol. The van der Waals surface area contributed by atoms with Gasteiger partial charge < -0.3 is 15.0 Å². The van der Waals surface area contributed by atoms with Gasteiger partial charge in [-0.2, -0.15) is 0 Å². The first-order valence-electron chi connectivity index (χ1n) is 9.43. The van der Waals surface area contributed by atoms with Crippen molar-refractivity contribution in [2.75, 3.05) is 0 Å². The first-order chi connectivity index (χ1) is 14.3. The van der Waals surface area contributed by atoms with Gasteiger partial charge in [0.2, 0.25) is 0 Å². The van der Waals surface area contributed by atoms with E-state index in [0.29, 0.717) is 17.2 Å². The molecule has 0 bridgehead atoms. The van der Waals surface area contributed by atoms with Crippen molar-refractivity contribution in [2.45, 2.75) is 33.1 Å². The molecule has 8 heteroatoms. The number of aryl methyl sites for hydroxylation is 2. The maximum absolute atomic E-state index is 14.1. The fourth-order valence-electron chi connectivity index (χ4n) is 3.33. The predicted octanol–water partition coefficient (Wildman–Crippen LogP) is 4.58. The summed E-state index contributed by atoms with van der Waals surface area (Å²) < 4.78 is 27.3. The molecule has 0 aromatic carbocycles. The molecule has 0 N–H and O–H groups in total. The SMILES string of the molecule is Cc1nc(C)c(-c2cccc(C(C)(C)c3cccc(-c4[c-]cc(F)nc4F)n3)n2)[n-]1.[Pt+2]. The Kier molecular flexibility index (Phi) is 6.46. The molecule has 0 saturated carbocycles. The van der Waals surface area contributed by atoms with Gasteiger partial charge in [0.15, 0.2) is 0 Å².